The Kier molecular flexibility index (Phi) is 5.13. The lowest BCUT2D eigenvalue weighted by Gasteiger charge is -2.03. The van der Waals surface area contributed by atoms with Crippen LogP contribution < -0.4 is 5.32 Å². The summed E-state index contributed by atoms with van der Waals surface area (Å²) in [5, 5.41) is 11.6. The molecule has 0 fully saturated rings. The predicted molar refractivity (Wildman–Crippen MR) is 86.8 cm³/mol. The fourth-order valence-electron chi connectivity index (χ4n) is 2.14. The van der Waals surface area contributed by atoms with E-state index in [1.54, 1.807) is 35.6 Å². The number of nitrogens with one attached hydrogen (secondary N) is 1. The molecule has 2 aromatic rings. The van der Waals surface area contributed by atoms with Gasteiger partial charge in [0.25, 0.3) is 5.91 Å². The van der Waals surface area contributed by atoms with E-state index in [1.165, 1.54) is 10.4 Å². The van der Waals surface area contributed by atoms with E-state index in [9.17, 15) is 4.79 Å². The van der Waals surface area contributed by atoms with Gasteiger partial charge in [-0.1, -0.05) is 20.3 Å². The number of carbonyl (C=O) groups is 1. The molecule has 0 radical (unpaired) electrons. The molecule has 108 valence electrons. The molecule has 1 aromatic carbocycles. The largest absolute Gasteiger partial charge is 0.321 e. The summed E-state index contributed by atoms with van der Waals surface area (Å²) < 4.78 is 0. The molecule has 2 rings (SSSR count). The van der Waals surface area contributed by atoms with Gasteiger partial charge in [0.1, 0.15) is 0 Å². The van der Waals surface area contributed by atoms with E-state index in [0.29, 0.717) is 11.3 Å². The number of hydrogen-bond acceptors (Lipinski definition) is 3. The zero-order valence-electron chi connectivity index (χ0n) is 12.3. The van der Waals surface area contributed by atoms with E-state index >= 15 is 0 Å². The van der Waals surface area contributed by atoms with Crippen molar-refractivity contribution in [2.24, 2.45) is 0 Å². The summed E-state index contributed by atoms with van der Waals surface area (Å²) in [6.07, 6.45) is 3.07. The Hall–Kier alpha value is -2.12. The topological polar surface area (TPSA) is 52.9 Å². The van der Waals surface area contributed by atoms with Crippen molar-refractivity contribution >= 4 is 22.9 Å². The molecule has 0 spiro atoms. The summed E-state index contributed by atoms with van der Waals surface area (Å²) in [7, 11) is 0. The molecule has 0 aliphatic carbocycles. The number of anilines is 1. The van der Waals surface area contributed by atoms with Crippen LogP contribution in [0.3, 0.4) is 0 Å². The minimum atomic E-state index is -0.0817. The second-order valence-electron chi connectivity index (χ2n) is 4.81. The molecule has 0 unspecified atom stereocenters. The van der Waals surface area contributed by atoms with Crippen LogP contribution in [0.5, 0.6) is 0 Å². The number of amides is 1. The van der Waals surface area contributed by atoms with Crippen molar-refractivity contribution in [3.8, 4) is 6.07 Å². The number of rotatable bonds is 5. The number of hydrogen-bond donors (Lipinski definition) is 1. The lowest BCUT2D eigenvalue weighted by molar-refractivity contribution is 0.103. The van der Waals surface area contributed by atoms with Crippen LogP contribution in [0.1, 0.15) is 45.9 Å². The van der Waals surface area contributed by atoms with Gasteiger partial charge >= 0.3 is 0 Å². The van der Waals surface area contributed by atoms with Crippen LogP contribution in [-0.2, 0) is 12.8 Å². The standard InChI is InChI=1S/C17H18N2OS/c1-3-5-15-13(4-2)10-16(21-15)17(20)19-14-8-6-12(11-18)7-9-14/h6-10H,3-5H2,1-2H3,(H,19,20). The minimum Gasteiger partial charge on any atom is -0.321 e. The highest BCUT2D eigenvalue weighted by molar-refractivity contribution is 7.14. The monoisotopic (exact) mass is 298 g/mol. The Morgan fingerprint density at radius 2 is 2.00 bits per heavy atom. The molecule has 0 aliphatic rings. The van der Waals surface area contributed by atoms with Crippen LogP contribution in [0.2, 0.25) is 0 Å². The van der Waals surface area contributed by atoms with Crippen LogP contribution >= 0.6 is 11.3 Å². The normalized spacial score (nSPS) is 10.1. The maximum absolute atomic E-state index is 12.3. The second-order valence-corrected chi connectivity index (χ2v) is 5.94. The van der Waals surface area contributed by atoms with Crippen molar-refractivity contribution in [3.63, 3.8) is 0 Å². The van der Waals surface area contributed by atoms with Gasteiger partial charge in [-0.25, -0.2) is 0 Å². The van der Waals surface area contributed by atoms with Crippen molar-refractivity contribution in [3.05, 3.63) is 51.2 Å². The average Bonchev–Trinajstić information content (AvgIpc) is 2.91. The molecule has 0 bridgehead atoms. The Morgan fingerprint density at radius 1 is 1.29 bits per heavy atom. The fraction of sp³-hybridized carbons (Fsp3) is 0.294. The van der Waals surface area contributed by atoms with Gasteiger partial charge in [0.05, 0.1) is 16.5 Å². The van der Waals surface area contributed by atoms with Gasteiger partial charge in [-0.2, -0.15) is 5.26 Å². The van der Waals surface area contributed by atoms with Gasteiger partial charge in [0.15, 0.2) is 0 Å². The number of thiophene rings is 1. The highest BCUT2D eigenvalue weighted by atomic mass is 32.1. The highest BCUT2D eigenvalue weighted by Crippen LogP contribution is 2.25. The second kappa shape index (κ2) is 7.05. The summed E-state index contributed by atoms with van der Waals surface area (Å²) in [6, 6.07) is 10.9. The first kappa shape index (κ1) is 15.3. The molecular formula is C17H18N2OS. The summed E-state index contributed by atoms with van der Waals surface area (Å²) in [6.45, 7) is 4.26. The van der Waals surface area contributed by atoms with Crippen LogP contribution in [0, 0.1) is 11.3 Å². The molecule has 21 heavy (non-hydrogen) atoms. The van der Waals surface area contributed by atoms with Gasteiger partial charge in [-0.3, -0.25) is 4.79 Å². The number of nitrogens with zero attached hydrogens (tertiary/aromatic N) is 1. The number of nitriles is 1. The Balaban J connectivity index is 2.14. The third kappa shape index (κ3) is 3.71. The van der Waals surface area contributed by atoms with Gasteiger partial charge in [-0.05, 0) is 48.7 Å². The lowest BCUT2D eigenvalue weighted by atomic mass is 10.1. The minimum absolute atomic E-state index is 0.0817. The lowest BCUT2D eigenvalue weighted by Crippen LogP contribution is -2.09. The first-order valence-corrected chi connectivity index (χ1v) is 7.92. The number of aryl methyl sites for hydroxylation is 2. The fourth-order valence-corrected chi connectivity index (χ4v) is 3.39. The molecule has 1 aromatic heterocycles. The SMILES string of the molecule is CCCc1sc(C(=O)Nc2ccc(C#N)cc2)cc1CC. The predicted octanol–water partition coefficient (Wildman–Crippen LogP) is 4.39. The van der Waals surface area contributed by atoms with Crippen molar-refractivity contribution < 1.29 is 4.79 Å². The molecule has 0 saturated carbocycles. The van der Waals surface area contributed by atoms with E-state index in [4.69, 9.17) is 5.26 Å². The van der Waals surface area contributed by atoms with Crippen LogP contribution in [0.25, 0.3) is 0 Å². The highest BCUT2D eigenvalue weighted by Gasteiger charge is 2.13. The smallest absolute Gasteiger partial charge is 0.265 e. The molecule has 0 aliphatic heterocycles. The third-order valence-corrected chi connectivity index (χ3v) is 4.49. The van der Waals surface area contributed by atoms with E-state index in [2.05, 4.69) is 25.2 Å². The van der Waals surface area contributed by atoms with Crippen molar-refractivity contribution in [2.45, 2.75) is 33.1 Å². The van der Waals surface area contributed by atoms with Gasteiger partial charge in [0.2, 0.25) is 0 Å². The third-order valence-electron chi connectivity index (χ3n) is 3.25. The average molecular weight is 298 g/mol. The van der Waals surface area contributed by atoms with Crippen molar-refractivity contribution in [1.29, 1.82) is 5.26 Å². The first-order chi connectivity index (χ1) is 10.2. The van der Waals surface area contributed by atoms with Crippen LogP contribution in [-0.4, -0.2) is 5.91 Å². The Labute approximate surface area is 129 Å². The van der Waals surface area contributed by atoms with Crippen molar-refractivity contribution in [1.82, 2.24) is 0 Å². The van der Waals surface area contributed by atoms with E-state index in [0.717, 1.165) is 24.1 Å². The quantitative estimate of drug-likeness (QED) is 0.890. The number of benzene rings is 1. The first-order valence-electron chi connectivity index (χ1n) is 7.11. The van der Waals surface area contributed by atoms with Crippen LogP contribution in [0.4, 0.5) is 5.69 Å². The van der Waals surface area contributed by atoms with Crippen molar-refractivity contribution in [2.75, 3.05) is 5.32 Å². The molecule has 0 atom stereocenters. The molecule has 3 nitrogen and oxygen atoms in total. The maximum atomic E-state index is 12.3. The Morgan fingerprint density at radius 3 is 2.57 bits per heavy atom. The Bertz CT molecular complexity index is 665. The van der Waals surface area contributed by atoms with Gasteiger partial charge < -0.3 is 5.32 Å². The molecule has 1 N–H and O–H groups in total. The molecule has 0 saturated heterocycles. The van der Waals surface area contributed by atoms with Gasteiger partial charge in [0, 0.05) is 10.6 Å². The van der Waals surface area contributed by atoms with E-state index < -0.39 is 0 Å². The van der Waals surface area contributed by atoms with Gasteiger partial charge in [-0.15, -0.1) is 11.3 Å². The summed E-state index contributed by atoms with van der Waals surface area (Å²) in [4.78, 5) is 14.3. The van der Waals surface area contributed by atoms with Crippen LogP contribution in [0.15, 0.2) is 30.3 Å². The molecule has 4 heteroatoms. The van der Waals surface area contributed by atoms with E-state index in [1.807, 2.05) is 6.07 Å². The molecule has 1 amide bonds. The summed E-state index contributed by atoms with van der Waals surface area (Å²) in [5.74, 6) is -0.0817. The zero-order valence-corrected chi connectivity index (χ0v) is 13.1. The summed E-state index contributed by atoms with van der Waals surface area (Å²) >= 11 is 1.58. The van der Waals surface area contributed by atoms with E-state index in [-0.39, 0.29) is 5.91 Å². The molecule has 1 heterocycles. The molecular weight excluding hydrogens is 280 g/mol. The maximum Gasteiger partial charge on any atom is 0.265 e. The zero-order chi connectivity index (χ0) is 15.2. The summed E-state index contributed by atoms with van der Waals surface area (Å²) in [5.41, 5.74) is 2.57. The number of carbonyl (C=O) groups excluding carboxylic acids is 1.